The van der Waals surface area contributed by atoms with E-state index in [9.17, 15) is 4.79 Å². The Labute approximate surface area is 208 Å². The van der Waals surface area contributed by atoms with Crippen molar-refractivity contribution in [1.82, 2.24) is 34.6 Å². The molecule has 188 valence electrons. The Morgan fingerprint density at radius 2 is 2.03 bits per heavy atom. The quantitative estimate of drug-likeness (QED) is 0.420. The summed E-state index contributed by atoms with van der Waals surface area (Å²) in [6.07, 6.45) is 4.08. The number of imidazole rings is 1. The van der Waals surface area contributed by atoms with Gasteiger partial charge in [0.15, 0.2) is 11.5 Å². The maximum Gasteiger partial charge on any atom is 0.269 e. The molecule has 5 rings (SSSR count). The molecular weight excluding hydrogens is 460 g/mol. The molecule has 2 N–H and O–H groups in total. The Morgan fingerprint density at radius 1 is 1.19 bits per heavy atom. The lowest BCUT2D eigenvalue weighted by molar-refractivity contribution is 0.0958. The zero-order valence-corrected chi connectivity index (χ0v) is 21.1. The third-order valence-corrected chi connectivity index (χ3v) is 6.14. The van der Waals surface area contributed by atoms with Crippen LogP contribution in [0, 0.1) is 0 Å². The van der Waals surface area contributed by atoms with Gasteiger partial charge in [-0.2, -0.15) is 10.1 Å². The lowest BCUT2D eigenvalue weighted by atomic mass is 9.91. The molecule has 1 aliphatic heterocycles. The molecule has 1 fully saturated rings. The topological polar surface area (TPSA) is 121 Å². The van der Waals surface area contributed by atoms with Gasteiger partial charge in [-0.05, 0) is 12.5 Å². The van der Waals surface area contributed by atoms with Gasteiger partial charge >= 0.3 is 0 Å². The second kappa shape index (κ2) is 9.23. The van der Waals surface area contributed by atoms with Gasteiger partial charge in [-0.25, -0.2) is 4.98 Å². The van der Waals surface area contributed by atoms with Crippen molar-refractivity contribution in [3.8, 4) is 11.5 Å². The first-order chi connectivity index (χ1) is 17.2. The molecule has 1 saturated heterocycles. The van der Waals surface area contributed by atoms with Gasteiger partial charge in [-0.3, -0.25) is 14.5 Å². The van der Waals surface area contributed by atoms with Crippen molar-refractivity contribution >= 4 is 28.8 Å². The van der Waals surface area contributed by atoms with Crippen LogP contribution in [0.4, 0.5) is 11.8 Å². The summed E-state index contributed by atoms with van der Waals surface area (Å²) in [5.74, 6) is 2.07. The maximum absolute atomic E-state index is 11.9. The first-order valence-electron chi connectivity index (χ1n) is 11.9. The molecule has 0 radical (unpaired) electrons. The molecule has 1 atom stereocenters. The predicted octanol–water partition coefficient (Wildman–Crippen LogP) is 3.71. The van der Waals surface area contributed by atoms with Crippen molar-refractivity contribution in [2.45, 2.75) is 38.6 Å². The fourth-order valence-electron chi connectivity index (χ4n) is 4.20. The smallest absolute Gasteiger partial charge is 0.269 e. The van der Waals surface area contributed by atoms with Crippen LogP contribution in [0.2, 0.25) is 0 Å². The van der Waals surface area contributed by atoms with Crippen LogP contribution < -0.4 is 15.4 Å². The molecule has 5 heterocycles. The summed E-state index contributed by atoms with van der Waals surface area (Å²) in [4.78, 5) is 25.0. The minimum Gasteiger partial charge on any atom is -0.456 e. The van der Waals surface area contributed by atoms with Crippen molar-refractivity contribution in [3.05, 3.63) is 48.0 Å². The average Bonchev–Trinajstić information content (AvgIpc) is 3.59. The summed E-state index contributed by atoms with van der Waals surface area (Å²) >= 11 is 0. The number of aryl methyl sites for hydroxylation is 1. The summed E-state index contributed by atoms with van der Waals surface area (Å²) in [7, 11) is 3.46. The van der Waals surface area contributed by atoms with Gasteiger partial charge in [0.2, 0.25) is 5.95 Å². The minimum atomic E-state index is -0.283. The molecule has 0 bridgehead atoms. The molecule has 1 aliphatic rings. The second-order valence-corrected chi connectivity index (χ2v) is 9.82. The van der Waals surface area contributed by atoms with E-state index in [0.717, 1.165) is 30.1 Å². The first-order valence-corrected chi connectivity index (χ1v) is 11.9. The summed E-state index contributed by atoms with van der Waals surface area (Å²) in [5.41, 5.74) is 2.71. The molecule has 0 aromatic carbocycles. The van der Waals surface area contributed by atoms with Crippen molar-refractivity contribution in [1.29, 1.82) is 0 Å². The fraction of sp³-hybridized carbons (Fsp3) is 0.400. The van der Waals surface area contributed by atoms with Crippen LogP contribution >= 0.6 is 0 Å². The van der Waals surface area contributed by atoms with E-state index in [4.69, 9.17) is 14.6 Å². The maximum atomic E-state index is 11.9. The number of ether oxygens (including phenoxy) is 2. The van der Waals surface area contributed by atoms with Gasteiger partial charge in [-0.15, -0.1) is 0 Å². The van der Waals surface area contributed by atoms with Crippen LogP contribution in [0.25, 0.3) is 11.2 Å². The van der Waals surface area contributed by atoms with Gasteiger partial charge in [0.25, 0.3) is 5.91 Å². The normalized spacial score (nSPS) is 15.9. The Morgan fingerprint density at radius 3 is 2.75 bits per heavy atom. The van der Waals surface area contributed by atoms with E-state index in [2.05, 4.69) is 57.1 Å². The van der Waals surface area contributed by atoms with E-state index in [1.165, 1.54) is 6.20 Å². The van der Waals surface area contributed by atoms with Crippen LogP contribution in [0.5, 0.6) is 11.5 Å². The molecule has 0 saturated carbocycles. The summed E-state index contributed by atoms with van der Waals surface area (Å²) in [6.45, 7) is 7.97. The Kier molecular flexibility index (Phi) is 6.09. The molecule has 0 aliphatic carbocycles. The van der Waals surface area contributed by atoms with E-state index in [0.29, 0.717) is 29.7 Å². The molecule has 0 unspecified atom stereocenters. The summed E-state index contributed by atoms with van der Waals surface area (Å²) < 4.78 is 15.5. The zero-order chi connectivity index (χ0) is 25.4. The number of rotatable bonds is 6. The molecular formula is C25H30N8O3. The van der Waals surface area contributed by atoms with Gasteiger partial charge in [0.05, 0.1) is 24.4 Å². The number of fused-ring (bicyclic) bond motifs is 1. The van der Waals surface area contributed by atoms with Crippen molar-refractivity contribution in [2.75, 3.05) is 25.6 Å². The van der Waals surface area contributed by atoms with E-state index in [1.54, 1.807) is 25.4 Å². The monoisotopic (exact) mass is 490 g/mol. The zero-order valence-electron chi connectivity index (χ0n) is 21.1. The van der Waals surface area contributed by atoms with E-state index < -0.39 is 0 Å². The van der Waals surface area contributed by atoms with Gasteiger partial charge in [0.1, 0.15) is 17.2 Å². The largest absolute Gasteiger partial charge is 0.456 e. The number of pyridine rings is 2. The van der Waals surface area contributed by atoms with Gasteiger partial charge in [-0.1, -0.05) is 20.8 Å². The number of hydrogen-bond acceptors (Lipinski definition) is 8. The summed E-state index contributed by atoms with van der Waals surface area (Å²) in [6, 6.07) is 7.43. The minimum absolute atomic E-state index is 0.0692. The highest BCUT2D eigenvalue weighted by Crippen LogP contribution is 2.32. The number of carbonyl (C=O) groups excluding carboxylic acids is 1. The summed E-state index contributed by atoms with van der Waals surface area (Å²) in [5, 5.41) is 10.8. The molecule has 4 aromatic rings. The number of amides is 1. The lowest BCUT2D eigenvalue weighted by Crippen LogP contribution is -2.22. The second-order valence-electron chi connectivity index (χ2n) is 9.82. The van der Waals surface area contributed by atoms with Gasteiger partial charge in [0, 0.05) is 56.2 Å². The molecule has 11 heteroatoms. The number of nitrogens with one attached hydrogen (secondary N) is 2. The number of anilines is 2. The Hall–Kier alpha value is -3.99. The number of aromatic nitrogens is 6. The third kappa shape index (κ3) is 4.61. The molecule has 4 aromatic heterocycles. The predicted molar refractivity (Wildman–Crippen MR) is 135 cm³/mol. The van der Waals surface area contributed by atoms with Crippen LogP contribution in [0.3, 0.4) is 0 Å². The first kappa shape index (κ1) is 23.7. The number of carbonyl (C=O) groups is 1. The third-order valence-electron chi connectivity index (χ3n) is 6.14. The van der Waals surface area contributed by atoms with Crippen molar-refractivity contribution in [2.24, 2.45) is 7.05 Å². The number of nitrogens with zero attached hydrogens (tertiary/aromatic N) is 6. The molecule has 0 spiro atoms. The average molecular weight is 491 g/mol. The van der Waals surface area contributed by atoms with Crippen molar-refractivity contribution < 1.29 is 14.3 Å². The van der Waals surface area contributed by atoms with E-state index in [-0.39, 0.29) is 23.1 Å². The van der Waals surface area contributed by atoms with Crippen LogP contribution in [-0.2, 0) is 17.2 Å². The highest BCUT2D eigenvalue weighted by atomic mass is 16.5. The highest BCUT2D eigenvalue weighted by Gasteiger charge is 2.28. The van der Waals surface area contributed by atoms with E-state index in [1.807, 2.05) is 17.7 Å². The fourth-order valence-corrected chi connectivity index (χ4v) is 4.20. The Balaban J connectivity index is 1.41. The lowest BCUT2D eigenvalue weighted by Gasteiger charge is -2.22. The van der Waals surface area contributed by atoms with Crippen LogP contribution in [0.15, 0.2) is 36.7 Å². The highest BCUT2D eigenvalue weighted by molar-refractivity contribution is 5.92. The van der Waals surface area contributed by atoms with Crippen LogP contribution in [-0.4, -0.2) is 55.5 Å². The Bertz CT molecular complexity index is 1410. The number of hydrogen-bond donors (Lipinski definition) is 2. The van der Waals surface area contributed by atoms with E-state index >= 15 is 0 Å². The molecule has 11 nitrogen and oxygen atoms in total. The molecule has 1 amide bonds. The van der Waals surface area contributed by atoms with Gasteiger partial charge < -0.3 is 24.7 Å². The standard InChI is InChI=1S/C25H30N8O3/c1-25(2,3)20-12-21(31-33(20)15-7-9-35-14-15)29-24-30-22-19(32(24)5)11-17(13-28-22)36-16-6-8-27-18(10-16)23(34)26-4/h6,8,10-13,15H,7,9,14H2,1-5H3,(H,26,34)(H,28,29,30,31)/t15-/m0/s1. The SMILES string of the molecule is CNC(=O)c1cc(Oc2cnc3nc(Nc4cc(C(C)(C)C)n([C@H]5CCOC5)n4)n(C)c3c2)ccn1. The van der Waals surface area contributed by atoms with Crippen molar-refractivity contribution in [3.63, 3.8) is 0 Å². The van der Waals surface area contributed by atoms with Crippen LogP contribution in [0.1, 0.15) is 49.4 Å². The molecule has 36 heavy (non-hydrogen) atoms.